The fourth-order valence-electron chi connectivity index (χ4n) is 5.12. The van der Waals surface area contributed by atoms with E-state index in [2.05, 4.69) is 56.5 Å². The molecule has 0 saturated carbocycles. The number of nitrogens with one attached hydrogen (secondary N) is 2. The second kappa shape index (κ2) is 10.1. The maximum Gasteiger partial charge on any atom is 0.229 e. The van der Waals surface area contributed by atoms with Crippen LogP contribution in [0.25, 0.3) is 5.69 Å². The summed E-state index contributed by atoms with van der Waals surface area (Å²) in [5.74, 6) is 0.394. The van der Waals surface area contributed by atoms with Crippen molar-refractivity contribution in [3.63, 3.8) is 0 Å². The molecule has 1 fully saturated rings. The minimum Gasteiger partial charge on any atom is -0.494 e. The highest BCUT2D eigenvalue weighted by Crippen LogP contribution is 2.45. The van der Waals surface area contributed by atoms with Crippen molar-refractivity contribution in [3.8, 4) is 11.4 Å². The Balaban J connectivity index is 1.66. The maximum atomic E-state index is 11.9. The molecule has 2 aromatic carbocycles. The van der Waals surface area contributed by atoms with Gasteiger partial charge in [-0.15, -0.1) is 0 Å². The van der Waals surface area contributed by atoms with Crippen molar-refractivity contribution in [2.75, 3.05) is 23.0 Å². The van der Waals surface area contributed by atoms with E-state index in [1.165, 1.54) is 7.11 Å². The lowest BCUT2D eigenvalue weighted by Gasteiger charge is -2.29. The van der Waals surface area contributed by atoms with Crippen molar-refractivity contribution < 1.29 is 13.2 Å². The number of para-hydroxylation sites is 1. The quantitative estimate of drug-likeness (QED) is 0.313. The monoisotopic (exact) mass is 547 g/mol. The predicted molar refractivity (Wildman–Crippen MR) is 155 cm³/mol. The third kappa shape index (κ3) is 4.84. The van der Waals surface area contributed by atoms with Gasteiger partial charge in [-0.05, 0) is 74.1 Å². The number of aromatic nitrogens is 2. The van der Waals surface area contributed by atoms with Gasteiger partial charge < -0.3 is 19.5 Å². The van der Waals surface area contributed by atoms with Crippen LogP contribution < -0.4 is 19.7 Å². The topological polar surface area (TPSA) is 88.5 Å². The molecule has 0 spiro atoms. The maximum absolute atomic E-state index is 11.9. The number of rotatable bonds is 7. The molecule has 0 aliphatic carbocycles. The molecule has 0 bridgehead atoms. The molecule has 0 unspecified atom stereocenters. The molecule has 1 aliphatic rings. The number of anilines is 2. The highest BCUT2D eigenvalue weighted by molar-refractivity contribution is 7.92. The first-order valence-corrected chi connectivity index (χ1v) is 14.4. The Morgan fingerprint density at radius 2 is 1.74 bits per heavy atom. The molecule has 196 valence electrons. The van der Waals surface area contributed by atoms with Crippen molar-refractivity contribution in [1.29, 1.82) is 0 Å². The molecule has 5 rings (SSSR count). The Morgan fingerprint density at radius 3 is 2.39 bits per heavy atom. The van der Waals surface area contributed by atoms with E-state index in [1.54, 1.807) is 18.3 Å². The number of sulfonamides is 1. The molecule has 1 saturated heterocycles. The number of aryl methyl sites for hydroxylation is 1. The Bertz CT molecular complexity index is 1590. The lowest BCUT2D eigenvalue weighted by Crippen LogP contribution is -2.29. The molecule has 10 heteroatoms. The van der Waals surface area contributed by atoms with Crippen molar-refractivity contribution >= 4 is 38.7 Å². The molecule has 0 amide bonds. The number of methoxy groups -OCH3 is 1. The molecule has 2 aromatic heterocycles. The average molecular weight is 548 g/mol. The van der Waals surface area contributed by atoms with Crippen LogP contribution in [0.2, 0.25) is 0 Å². The van der Waals surface area contributed by atoms with Gasteiger partial charge in [-0.2, -0.15) is 0 Å². The van der Waals surface area contributed by atoms with Gasteiger partial charge >= 0.3 is 0 Å². The number of benzene rings is 2. The number of nitrogens with zero attached hydrogens (tertiary/aromatic N) is 3. The Kier molecular flexibility index (Phi) is 6.85. The molecular weight excluding hydrogens is 518 g/mol. The van der Waals surface area contributed by atoms with Crippen LogP contribution in [0.4, 0.5) is 11.4 Å². The van der Waals surface area contributed by atoms with Gasteiger partial charge in [0.2, 0.25) is 10.0 Å². The van der Waals surface area contributed by atoms with Gasteiger partial charge in [-0.25, -0.2) is 8.42 Å². The van der Waals surface area contributed by atoms with Crippen molar-refractivity contribution in [3.05, 3.63) is 102 Å². The van der Waals surface area contributed by atoms with Gasteiger partial charge in [0.1, 0.15) is 5.75 Å². The minimum atomic E-state index is -3.48. The van der Waals surface area contributed by atoms with E-state index in [1.807, 2.05) is 42.5 Å². The summed E-state index contributed by atoms with van der Waals surface area (Å²) < 4.78 is 34.0. The zero-order valence-corrected chi connectivity index (χ0v) is 23.2. The molecule has 4 aromatic rings. The van der Waals surface area contributed by atoms with Gasteiger partial charge in [-0.3, -0.25) is 9.71 Å². The second-order valence-corrected chi connectivity index (χ2v) is 11.4. The molecule has 0 radical (unpaired) electrons. The van der Waals surface area contributed by atoms with E-state index in [-0.39, 0.29) is 12.1 Å². The third-order valence-corrected chi connectivity index (χ3v) is 7.57. The van der Waals surface area contributed by atoms with E-state index in [0.717, 1.165) is 40.3 Å². The van der Waals surface area contributed by atoms with E-state index < -0.39 is 10.0 Å². The fourth-order valence-corrected chi connectivity index (χ4v) is 6.04. The van der Waals surface area contributed by atoms with Gasteiger partial charge in [0.25, 0.3) is 0 Å². The SMILES string of the molecule is COc1cc(N2C(=S)N[C@@H](c3ccccn3)[C@H]2c2cc(C)n(-c3ccccc3)c2C)ccc1NS(C)(=O)=O. The van der Waals surface area contributed by atoms with Crippen LogP contribution in [0.1, 0.15) is 34.7 Å². The number of thiocarbonyl (C=S) groups is 1. The molecular formula is C28H29N5O3S2. The molecule has 8 nitrogen and oxygen atoms in total. The first-order chi connectivity index (χ1) is 18.2. The van der Waals surface area contributed by atoms with E-state index >= 15 is 0 Å². The normalized spacial score (nSPS) is 17.4. The Hall–Kier alpha value is -3.89. The van der Waals surface area contributed by atoms with Crippen LogP contribution in [0.15, 0.2) is 79.0 Å². The van der Waals surface area contributed by atoms with Crippen LogP contribution in [0.3, 0.4) is 0 Å². The highest BCUT2D eigenvalue weighted by atomic mass is 32.2. The lowest BCUT2D eigenvalue weighted by molar-refractivity contribution is 0.417. The molecule has 1 aliphatic heterocycles. The zero-order chi connectivity index (χ0) is 27.0. The van der Waals surface area contributed by atoms with Crippen LogP contribution in [0, 0.1) is 13.8 Å². The van der Waals surface area contributed by atoms with E-state index in [9.17, 15) is 8.42 Å². The summed E-state index contributed by atoms with van der Waals surface area (Å²) >= 11 is 5.88. The van der Waals surface area contributed by atoms with Gasteiger partial charge in [0, 0.05) is 35.0 Å². The van der Waals surface area contributed by atoms with E-state index in [0.29, 0.717) is 16.5 Å². The number of hydrogen-bond donors (Lipinski definition) is 2. The summed E-state index contributed by atoms with van der Waals surface area (Å²) in [4.78, 5) is 6.70. The highest BCUT2D eigenvalue weighted by Gasteiger charge is 2.42. The number of ether oxygens (including phenoxy) is 1. The molecule has 38 heavy (non-hydrogen) atoms. The fraction of sp³-hybridized carbons (Fsp3) is 0.214. The smallest absolute Gasteiger partial charge is 0.229 e. The average Bonchev–Trinajstić information content (AvgIpc) is 3.39. The Morgan fingerprint density at radius 1 is 1.00 bits per heavy atom. The summed E-state index contributed by atoms with van der Waals surface area (Å²) in [5, 5.41) is 4.03. The van der Waals surface area contributed by atoms with Crippen molar-refractivity contribution in [2.45, 2.75) is 25.9 Å². The van der Waals surface area contributed by atoms with Crippen LogP contribution in [-0.2, 0) is 10.0 Å². The van der Waals surface area contributed by atoms with Crippen LogP contribution >= 0.6 is 12.2 Å². The Labute approximate surface area is 228 Å². The third-order valence-electron chi connectivity index (χ3n) is 6.66. The van der Waals surface area contributed by atoms with Crippen LogP contribution in [0.5, 0.6) is 5.75 Å². The molecule has 2 N–H and O–H groups in total. The summed E-state index contributed by atoms with van der Waals surface area (Å²) in [6.45, 7) is 4.21. The largest absolute Gasteiger partial charge is 0.494 e. The van der Waals surface area contributed by atoms with Crippen molar-refractivity contribution in [1.82, 2.24) is 14.9 Å². The summed E-state index contributed by atoms with van der Waals surface area (Å²) in [7, 11) is -1.97. The minimum absolute atomic E-state index is 0.215. The second-order valence-electron chi connectivity index (χ2n) is 9.25. The van der Waals surface area contributed by atoms with Gasteiger partial charge in [0.05, 0.1) is 36.8 Å². The molecule has 3 heterocycles. The number of hydrogen-bond acceptors (Lipinski definition) is 5. The van der Waals surface area contributed by atoms with Gasteiger partial charge in [-0.1, -0.05) is 24.3 Å². The summed E-state index contributed by atoms with van der Waals surface area (Å²) in [6.07, 6.45) is 2.89. The standard InChI is InChI=1S/C28H29N5O3S2/c1-18-16-22(19(2)32(18)20-10-6-5-7-11-20)27-26(24-12-8-9-15-29-24)30-28(37)33(27)21-13-14-23(25(17-21)36-3)31-38(4,34)35/h5-17,26-27,31H,1-4H3,(H,30,37)/t26-,27+/m0/s1. The zero-order valence-electron chi connectivity index (χ0n) is 21.5. The summed E-state index contributed by atoms with van der Waals surface area (Å²) in [5.41, 5.74) is 6.38. The first kappa shape index (κ1) is 25.7. The number of pyridine rings is 1. The lowest BCUT2D eigenvalue weighted by atomic mass is 9.96. The first-order valence-electron chi connectivity index (χ1n) is 12.1. The van der Waals surface area contributed by atoms with E-state index in [4.69, 9.17) is 17.0 Å². The summed E-state index contributed by atoms with van der Waals surface area (Å²) in [6, 6.07) is 23.2. The molecule has 2 atom stereocenters. The van der Waals surface area contributed by atoms with Crippen LogP contribution in [-0.4, -0.2) is 36.4 Å². The van der Waals surface area contributed by atoms with Gasteiger partial charge in [0.15, 0.2) is 5.11 Å². The van der Waals surface area contributed by atoms with Crippen molar-refractivity contribution in [2.24, 2.45) is 0 Å². The predicted octanol–water partition coefficient (Wildman–Crippen LogP) is 5.05.